The van der Waals surface area contributed by atoms with Crippen LogP contribution in [0.5, 0.6) is 0 Å². The van der Waals surface area contributed by atoms with E-state index in [0.717, 1.165) is 24.0 Å². The third-order valence-electron chi connectivity index (χ3n) is 3.13. The first-order chi connectivity index (χ1) is 8.22. The Balaban J connectivity index is 2.10. The second-order valence-electron chi connectivity index (χ2n) is 4.27. The molecule has 90 valence electrons. The molecule has 0 aliphatic heterocycles. The molecule has 3 nitrogen and oxygen atoms in total. The minimum Gasteiger partial charge on any atom is -0.466 e. The van der Waals surface area contributed by atoms with Gasteiger partial charge in [0.25, 0.3) is 0 Å². The van der Waals surface area contributed by atoms with E-state index in [1.807, 2.05) is 24.3 Å². The summed E-state index contributed by atoms with van der Waals surface area (Å²) in [6, 6.07) is 7.63. The molecule has 2 rings (SSSR count). The van der Waals surface area contributed by atoms with Crippen molar-refractivity contribution in [3.8, 4) is 0 Å². The number of hydrogen-bond donors (Lipinski definition) is 0. The summed E-state index contributed by atoms with van der Waals surface area (Å²) in [5.74, 6) is -0.394. The topological polar surface area (TPSA) is 43.4 Å². The van der Waals surface area contributed by atoms with Gasteiger partial charge in [0, 0.05) is 11.5 Å². The van der Waals surface area contributed by atoms with Gasteiger partial charge in [-0.25, -0.2) is 0 Å². The number of carbonyl (C=O) groups excluding carboxylic acids is 2. The third-order valence-corrected chi connectivity index (χ3v) is 3.13. The van der Waals surface area contributed by atoms with Crippen molar-refractivity contribution in [1.29, 1.82) is 0 Å². The maximum absolute atomic E-state index is 12.1. The molecule has 1 aromatic carbocycles. The van der Waals surface area contributed by atoms with E-state index in [1.54, 1.807) is 6.92 Å². The lowest BCUT2D eigenvalue weighted by atomic mass is 9.81. The van der Waals surface area contributed by atoms with E-state index < -0.39 is 0 Å². The molecule has 1 aromatic rings. The average Bonchev–Trinajstić information content (AvgIpc) is 2.33. The lowest BCUT2D eigenvalue weighted by Crippen LogP contribution is -2.25. The van der Waals surface area contributed by atoms with E-state index in [4.69, 9.17) is 4.74 Å². The summed E-state index contributed by atoms with van der Waals surface area (Å²) in [5, 5.41) is 0. The van der Waals surface area contributed by atoms with Crippen LogP contribution in [0.25, 0.3) is 0 Å². The Bertz CT molecular complexity index is 437. The standard InChI is InChI=1S/C14H16O3/c1-2-17-13(15)9-11-8-7-10-5-3-4-6-12(10)14(11)16/h3-6,11H,2,7-9H2,1H3/t11-/m0/s1. The molecule has 0 fully saturated rings. The Morgan fingerprint density at radius 2 is 2.18 bits per heavy atom. The van der Waals surface area contributed by atoms with Crippen LogP contribution in [0.15, 0.2) is 24.3 Å². The van der Waals surface area contributed by atoms with Crippen LogP contribution in [0, 0.1) is 5.92 Å². The fourth-order valence-corrected chi connectivity index (χ4v) is 2.28. The highest BCUT2D eigenvalue weighted by Gasteiger charge is 2.29. The summed E-state index contributed by atoms with van der Waals surface area (Å²) in [6.45, 7) is 2.15. The van der Waals surface area contributed by atoms with Crippen LogP contribution in [0.4, 0.5) is 0 Å². The van der Waals surface area contributed by atoms with Gasteiger partial charge < -0.3 is 4.74 Å². The molecule has 1 aliphatic rings. The normalized spacial score (nSPS) is 18.6. The van der Waals surface area contributed by atoms with Gasteiger partial charge in [-0.05, 0) is 25.3 Å². The van der Waals surface area contributed by atoms with E-state index in [2.05, 4.69) is 0 Å². The maximum Gasteiger partial charge on any atom is 0.306 e. The largest absolute Gasteiger partial charge is 0.466 e. The fraction of sp³-hybridized carbons (Fsp3) is 0.429. The lowest BCUT2D eigenvalue weighted by Gasteiger charge is -2.22. The summed E-state index contributed by atoms with van der Waals surface area (Å²) in [5.41, 5.74) is 1.87. The SMILES string of the molecule is CCOC(=O)C[C@@H]1CCc2ccccc2C1=O. The van der Waals surface area contributed by atoms with Crippen molar-refractivity contribution in [3.05, 3.63) is 35.4 Å². The summed E-state index contributed by atoms with van der Waals surface area (Å²) in [6.07, 6.45) is 1.82. The molecule has 0 saturated heterocycles. The van der Waals surface area contributed by atoms with E-state index in [1.165, 1.54) is 0 Å². The number of Topliss-reactive ketones (excluding diaryl/α,β-unsaturated/α-hetero) is 1. The number of aryl methyl sites for hydroxylation is 1. The quantitative estimate of drug-likeness (QED) is 0.751. The van der Waals surface area contributed by atoms with Gasteiger partial charge in [0.05, 0.1) is 13.0 Å². The number of benzene rings is 1. The summed E-state index contributed by atoms with van der Waals surface area (Å²) < 4.78 is 4.89. The van der Waals surface area contributed by atoms with Crippen molar-refractivity contribution >= 4 is 11.8 Å². The van der Waals surface area contributed by atoms with Crippen LogP contribution in [0.1, 0.15) is 35.7 Å². The molecule has 3 heteroatoms. The van der Waals surface area contributed by atoms with Crippen LogP contribution in [0.2, 0.25) is 0 Å². The van der Waals surface area contributed by atoms with Crippen molar-refractivity contribution in [2.24, 2.45) is 5.92 Å². The Labute approximate surface area is 101 Å². The van der Waals surface area contributed by atoms with Gasteiger partial charge in [-0.2, -0.15) is 0 Å². The number of fused-ring (bicyclic) bond motifs is 1. The number of ketones is 1. The maximum atomic E-state index is 12.1. The zero-order valence-corrected chi connectivity index (χ0v) is 9.94. The molecule has 0 bridgehead atoms. The molecule has 0 radical (unpaired) electrons. The van der Waals surface area contributed by atoms with E-state index in [-0.39, 0.29) is 24.1 Å². The fourth-order valence-electron chi connectivity index (χ4n) is 2.28. The van der Waals surface area contributed by atoms with Gasteiger partial charge in [-0.3, -0.25) is 9.59 Å². The Kier molecular flexibility index (Phi) is 3.57. The van der Waals surface area contributed by atoms with Crippen molar-refractivity contribution in [3.63, 3.8) is 0 Å². The molecule has 1 atom stereocenters. The highest BCUT2D eigenvalue weighted by Crippen LogP contribution is 2.27. The van der Waals surface area contributed by atoms with Crippen LogP contribution in [0.3, 0.4) is 0 Å². The number of hydrogen-bond acceptors (Lipinski definition) is 3. The monoisotopic (exact) mass is 232 g/mol. The lowest BCUT2D eigenvalue weighted by molar-refractivity contribution is -0.143. The van der Waals surface area contributed by atoms with Crippen molar-refractivity contribution in [2.75, 3.05) is 6.61 Å². The third kappa shape index (κ3) is 2.54. The highest BCUT2D eigenvalue weighted by atomic mass is 16.5. The Morgan fingerprint density at radius 1 is 1.41 bits per heavy atom. The number of esters is 1. The molecule has 0 N–H and O–H groups in total. The van der Waals surface area contributed by atoms with Gasteiger partial charge >= 0.3 is 5.97 Å². The molecule has 0 amide bonds. The molecule has 0 saturated carbocycles. The molecule has 17 heavy (non-hydrogen) atoms. The Hall–Kier alpha value is -1.64. The average molecular weight is 232 g/mol. The van der Waals surface area contributed by atoms with E-state index in [0.29, 0.717) is 6.61 Å². The Morgan fingerprint density at radius 3 is 2.94 bits per heavy atom. The second kappa shape index (κ2) is 5.13. The van der Waals surface area contributed by atoms with Crippen LogP contribution in [-0.4, -0.2) is 18.4 Å². The smallest absolute Gasteiger partial charge is 0.306 e. The first kappa shape index (κ1) is 11.8. The molecular weight excluding hydrogens is 216 g/mol. The predicted molar refractivity (Wildman–Crippen MR) is 63.8 cm³/mol. The van der Waals surface area contributed by atoms with Crippen molar-refractivity contribution in [1.82, 2.24) is 0 Å². The summed E-state index contributed by atoms with van der Waals surface area (Å²) in [7, 11) is 0. The molecule has 0 heterocycles. The molecule has 0 aromatic heterocycles. The number of ether oxygens (including phenoxy) is 1. The van der Waals surface area contributed by atoms with E-state index in [9.17, 15) is 9.59 Å². The highest BCUT2D eigenvalue weighted by molar-refractivity contribution is 6.01. The van der Waals surface area contributed by atoms with Gasteiger partial charge in [-0.1, -0.05) is 24.3 Å². The summed E-state index contributed by atoms with van der Waals surface area (Å²) in [4.78, 5) is 23.5. The van der Waals surface area contributed by atoms with Gasteiger partial charge in [-0.15, -0.1) is 0 Å². The zero-order chi connectivity index (χ0) is 12.3. The van der Waals surface area contributed by atoms with Gasteiger partial charge in [0.15, 0.2) is 5.78 Å². The number of carbonyl (C=O) groups is 2. The van der Waals surface area contributed by atoms with Crippen LogP contribution >= 0.6 is 0 Å². The summed E-state index contributed by atoms with van der Waals surface area (Å²) >= 11 is 0. The minimum atomic E-state index is -0.273. The number of rotatable bonds is 3. The first-order valence-corrected chi connectivity index (χ1v) is 6.00. The molecule has 1 aliphatic carbocycles. The molecular formula is C14H16O3. The van der Waals surface area contributed by atoms with Crippen molar-refractivity contribution < 1.29 is 14.3 Å². The molecule has 0 unspecified atom stereocenters. The van der Waals surface area contributed by atoms with Gasteiger partial charge in [0.1, 0.15) is 0 Å². The van der Waals surface area contributed by atoms with E-state index >= 15 is 0 Å². The van der Waals surface area contributed by atoms with Crippen LogP contribution in [-0.2, 0) is 16.0 Å². The molecule has 0 spiro atoms. The zero-order valence-electron chi connectivity index (χ0n) is 9.94. The minimum absolute atomic E-state index is 0.0832. The van der Waals surface area contributed by atoms with Crippen LogP contribution < -0.4 is 0 Å². The van der Waals surface area contributed by atoms with Gasteiger partial charge in [0.2, 0.25) is 0 Å². The predicted octanol–water partition coefficient (Wildman–Crippen LogP) is 2.38. The van der Waals surface area contributed by atoms with Crippen molar-refractivity contribution in [2.45, 2.75) is 26.2 Å². The first-order valence-electron chi connectivity index (χ1n) is 6.00. The second-order valence-corrected chi connectivity index (χ2v) is 4.27.